The fourth-order valence-corrected chi connectivity index (χ4v) is 4.78. The van der Waals surface area contributed by atoms with E-state index in [0.717, 1.165) is 17.9 Å². The molecule has 0 spiro atoms. The van der Waals surface area contributed by atoms with Gasteiger partial charge in [0.1, 0.15) is 17.1 Å². The monoisotopic (exact) mass is 537 g/mol. The van der Waals surface area contributed by atoms with E-state index in [9.17, 15) is 9.59 Å². The summed E-state index contributed by atoms with van der Waals surface area (Å²) in [5.74, 6) is -0.0919. The third kappa shape index (κ3) is 5.43. The second-order valence-corrected chi connectivity index (χ2v) is 9.55. The van der Waals surface area contributed by atoms with Crippen LogP contribution < -0.4 is 14.5 Å². The van der Waals surface area contributed by atoms with E-state index in [1.807, 2.05) is 18.2 Å². The highest BCUT2D eigenvalue weighted by molar-refractivity contribution is 6.35. The number of hydrogen-bond donors (Lipinski definition) is 0. The van der Waals surface area contributed by atoms with Crippen LogP contribution in [0.1, 0.15) is 35.7 Å². The molecular formula is C28H25Cl2N3O4. The van der Waals surface area contributed by atoms with Gasteiger partial charge in [-0.1, -0.05) is 35.3 Å². The molecule has 2 aliphatic rings. The minimum absolute atomic E-state index is 0.206. The van der Waals surface area contributed by atoms with Crippen molar-refractivity contribution >= 4 is 52.5 Å². The van der Waals surface area contributed by atoms with Crippen molar-refractivity contribution in [3.63, 3.8) is 0 Å². The van der Waals surface area contributed by atoms with Gasteiger partial charge in [-0.25, -0.2) is 4.79 Å². The van der Waals surface area contributed by atoms with Crippen molar-refractivity contribution in [2.24, 2.45) is 0 Å². The first kappa shape index (κ1) is 25.1. The second kappa shape index (κ2) is 10.8. The summed E-state index contributed by atoms with van der Waals surface area (Å²) in [6.07, 6.45) is 8.22. The zero-order valence-corrected chi connectivity index (χ0v) is 21.7. The lowest BCUT2D eigenvalue weighted by atomic mass is 10.1. The molecule has 7 nitrogen and oxygen atoms in total. The maximum Gasteiger partial charge on any atom is 0.330 e. The highest BCUT2D eigenvalue weighted by Gasteiger charge is 2.36. The predicted molar refractivity (Wildman–Crippen MR) is 145 cm³/mol. The predicted octanol–water partition coefficient (Wildman–Crippen LogP) is 6.39. The molecule has 1 fully saturated rings. The Kier molecular flexibility index (Phi) is 7.35. The van der Waals surface area contributed by atoms with Gasteiger partial charge in [0.05, 0.1) is 28.0 Å². The lowest BCUT2D eigenvalue weighted by Gasteiger charge is -2.38. The van der Waals surface area contributed by atoms with Crippen LogP contribution in [0.25, 0.3) is 6.08 Å². The number of nitrogens with zero attached hydrogens (tertiary/aromatic N) is 3. The van der Waals surface area contributed by atoms with Gasteiger partial charge >= 0.3 is 5.97 Å². The van der Waals surface area contributed by atoms with Gasteiger partial charge < -0.3 is 19.3 Å². The van der Waals surface area contributed by atoms with Crippen LogP contribution in [0.2, 0.25) is 10.0 Å². The Morgan fingerprint density at radius 1 is 1.05 bits per heavy atom. The highest BCUT2D eigenvalue weighted by Crippen LogP contribution is 2.41. The number of para-hydroxylation sites is 2. The van der Waals surface area contributed by atoms with Crippen molar-refractivity contribution in [3.8, 4) is 11.5 Å². The van der Waals surface area contributed by atoms with Crippen LogP contribution in [0.3, 0.4) is 0 Å². The van der Waals surface area contributed by atoms with Crippen molar-refractivity contribution in [2.45, 2.75) is 25.8 Å². The molecule has 1 aliphatic carbocycles. The smallest absolute Gasteiger partial charge is 0.330 e. The lowest BCUT2D eigenvalue weighted by molar-refractivity contribution is -0.137. The maximum absolute atomic E-state index is 13.7. The summed E-state index contributed by atoms with van der Waals surface area (Å²) >= 11 is 12.9. The van der Waals surface area contributed by atoms with E-state index >= 15 is 0 Å². The molecule has 1 amide bonds. The zero-order valence-electron chi connectivity index (χ0n) is 20.2. The van der Waals surface area contributed by atoms with Gasteiger partial charge in [0.25, 0.3) is 5.91 Å². The van der Waals surface area contributed by atoms with Crippen molar-refractivity contribution < 1.29 is 19.1 Å². The van der Waals surface area contributed by atoms with Gasteiger partial charge in [-0.3, -0.25) is 9.78 Å². The van der Waals surface area contributed by atoms with Crippen LogP contribution in [0.5, 0.6) is 11.5 Å². The molecule has 2 aromatic carbocycles. The normalized spacial score (nSPS) is 15.0. The van der Waals surface area contributed by atoms with Gasteiger partial charge in [-0.2, -0.15) is 0 Å². The Morgan fingerprint density at radius 2 is 1.84 bits per heavy atom. The van der Waals surface area contributed by atoms with Gasteiger partial charge in [-0.15, -0.1) is 0 Å². The second-order valence-electron chi connectivity index (χ2n) is 8.73. The molecule has 0 unspecified atom stereocenters. The molecule has 0 N–H and O–H groups in total. The number of benzene rings is 2. The summed E-state index contributed by atoms with van der Waals surface area (Å²) < 4.78 is 11.0. The van der Waals surface area contributed by atoms with E-state index < -0.39 is 5.97 Å². The van der Waals surface area contributed by atoms with Crippen LogP contribution in [-0.2, 0) is 9.53 Å². The van der Waals surface area contributed by atoms with Crippen molar-refractivity contribution in [1.82, 2.24) is 4.98 Å². The molecule has 1 aromatic heterocycles. The largest absolute Gasteiger partial charge is 0.463 e. The molecule has 0 bridgehead atoms. The van der Waals surface area contributed by atoms with Gasteiger partial charge in [0.2, 0.25) is 0 Å². The third-order valence-electron chi connectivity index (χ3n) is 6.25. The molecular weight excluding hydrogens is 513 g/mol. The minimum Gasteiger partial charge on any atom is -0.463 e. The first-order chi connectivity index (χ1) is 18.0. The highest BCUT2D eigenvalue weighted by atomic mass is 35.5. The number of ether oxygens (including phenoxy) is 2. The molecule has 9 heteroatoms. The van der Waals surface area contributed by atoms with E-state index in [0.29, 0.717) is 34.5 Å². The first-order valence-corrected chi connectivity index (χ1v) is 12.8. The molecule has 190 valence electrons. The summed E-state index contributed by atoms with van der Waals surface area (Å²) in [5, 5.41) is 0.596. The summed E-state index contributed by atoms with van der Waals surface area (Å²) in [6, 6.07) is 13.3. The van der Waals surface area contributed by atoms with Crippen LogP contribution in [0, 0.1) is 0 Å². The maximum atomic E-state index is 13.7. The molecule has 0 atom stereocenters. The molecule has 37 heavy (non-hydrogen) atoms. The average Bonchev–Trinajstić information content (AvgIpc) is 3.75. The van der Waals surface area contributed by atoms with Crippen LogP contribution >= 0.6 is 23.2 Å². The van der Waals surface area contributed by atoms with E-state index in [1.54, 1.807) is 36.2 Å². The van der Waals surface area contributed by atoms with E-state index in [2.05, 4.69) is 16.0 Å². The molecule has 1 aliphatic heterocycles. The van der Waals surface area contributed by atoms with Crippen molar-refractivity contribution in [1.29, 1.82) is 0 Å². The Balaban J connectivity index is 1.40. The van der Waals surface area contributed by atoms with E-state index in [-0.39, 0.29) is 23.3 Å². The van der Waals surface area contributed by atoms with Crippen LogP contribution in [-0.4, -0.2) is 42.6 Å². The van der Waals surface area contributed by atoms with Crippen molar-refractivity contribution in [3.05, 3.63) is 82.1 Å². The molecule has 1 saturated carbocycles. The first-order valence-electron chi connectivity index (χ1n) is 12.1. The molecule has 0 saturated heterocycles. The number of carbonyl (C=O) groups is 2. The molecule has 3 aromatic rings. The topological polar surface area (TPSA) is 72.0 Å². The summed E-state index contributed by atoms with van der Waals surface area (Å²) in [5.41, 5.74) is 2.79. The number of fused-ring (bicyclic) bond motifs is 1. The Hall–Kier alpha value is -3.55. The number of esters is 1. The zero-order chi connectivity index (χ0) is 25.9. The fraction of sp³-hybridized carbons (Fsp3) is 0.250. The third-order valence-corrected chi connectivity index (χ3v) is 6.87. The number of aromatic nitrogens is 1. The molecule has 5 rings (SSSR count). The number of carbonyl (C=O) groups excluding carboxylic acids is 2. The van der Waals surface area contributed by atoms with Crippen LogP contribution in [0.4, 0.5) is 11.4 Å². The van der Waals surface area contributed by atoms with Crippen molar-refractivity contribution in [2.75, 3.05) is 29.5 Å². The summed E-state index contributed by atoms with van der Waals surface area (Å²) in [7, 11) is 0. The number of anilines is 2. The number of amides is 1. The van der Waals surface area contributed by atoms with E-state index in [4.69, 9.17) is 32.7 Å². The Bertz CT molecular complexity index is 1370. The summed E-state index contributed by atoms with van der Waals surface area (Å²) in [6.45, 7) is 3.34. The lowest BCUT2D eigenvalue weighted by Crippen LogP contribution is -2.45. The average molecular weight is 538 g/mol. The summed E-state index contributed by atoms with van der Waals surface area (Å²) in [4.78, 5) is 33.7. The van der Waals surface area contributed by atoms with Gasteiger partial charge in [0.15, 0.2) is 0 Å². The minimum atomic E-state index is -0.477. The van der Waals surface area contributed by atoms with E-state index in [1.165, 1.54) is 31.2 Å². The standard InChI is InChI=1S/C28H25Cl2N3O4/c1-2-36-27(34)10-7-18-15-22(30)26(16-21(18)29)37-25-11-12-31-17-20(25)28(35)33-14-13-32(19-8-9-19)23-5-3-4-6-24(23)33/h3-7,10-12,15-17,19H,2,8-9,13-14H2,1H3. The Labute approximate surface area is 225 Å². The Morgan fingerprint density at radius 3 is 2.59 bits per heavy atom. The number of rotatable bonds is 7. The quantitative estimate of drug-likeness (QED) is 0.257. The fourth-order valence-electron chi connectivity index (χ4n) is 4.35. The molecule has 0 radical (unpaired) electrons. The SMILES string of the molecule is CCOC(=O)C=Cc1cc(Cl)c(Oc2ccncc2C(=O)N2CCN(C3CC3)c3ccccc32)cc1Cl. The number of hydrogen-bond acceptors (Lipinski definition) is 6. The number of halogens is 2. The number of pyridine rings is 1. The van der Waals surface area contributed by atoms with Gasteiger partial charge in [0, 0.05) is 43.7 Å². The van der Waals surface area contributed by atoms with Gasteiger partial charge in [-0.05, 0) is 55.7 Å². The van der Waals surface area contributed by atoms with Crippen LogP contribution in [0.15, 0.2) is 60.9 Å². The molecule has 2 heterocycles.